The van der Waals surface area contributed by atoms with Crippen molar-refractivity contribution in [3.8, 4) is 17.0 Å². The molecule has 2 heterocycles. The van der Waals surface area contributed by atoms with Crippen molar-refractivity contribution >= 4 is 10.9 Å². The third-order valence-corrected chi connectivity index (χ3v) is 4.62. The molecule has 2 aromatic heterocycles. The van der Waals surface area contributed by atoms with Gasteiger partial charge in [0.15, 0.2) is 0 Å². The zero-order chi connectivity index (χ0) is 15.4. The zero-order valence-electron chi connectivity index (χ0n) is 12.7. The predicted octanol–water partition coefficient (Wildman–Crippen LogP) is 3.43. The molecule has 2 N–H and O–H groups in total. The number of pyridine rings is 1. The van der Waals surface area contributed by atoms with Crippen LogP contribution in [0.25, 0.3) is 22.2 Å². The van der Waals surface area contributed by atoms with Crippen molar-refractivity contribution in [1.82, 2.24) is 9.55 Å². The molecule has 0 spiro atoms. The minimum absolute atomic E-state index is 0.161. The number of aromatic amines is 1. The van der Waals surface area contributed by atoms with E-state index in [2.05, 4.69) is 27.8 Å². The number of nitrogens with one attached hydrogen (secondary N) is 1. The van der Waals surface area contributed by atoms with Gasteiger partial charge in [-0.1, -0.05) is 6.07 Å². The van der Waals surface area contributed by atoms with Gasteiger partial charge in [0.05, 0.1) is 11.3 Å². The number of aromatic nitrogens is 2. The number of rotatable bonds is 2. The van der Waals surface area contributed by atoms with E-state index in [1.807, 2.05) is 19.3 Å². The molecule has 4 heteroatoms. The summed E-state index contributed by atoms with van der Waals surface area (Å²) in [5.41, 5.74) is 3.95. The average Bonchev–Trinajstić information content (AvgIpc) is 3.28. The van der Waals surface area contributed by atoms with Gasteiger partial charge in [-0.15, -0.1) is 0 Å². The van der Waals surface area contributed by atoms with Crippen molar-refractivity contribution in [2.75, 3.05) is 0 Å². The summed E-state index contributed by atoms with van der Waals surface area (Å²) in [7, 11) is 2.01. The van der Waals surface area contributed by atoms with E-state index in [9.17, 15) is 9.90 Å². The molecule has 0 bridgehead atoms. The van der Waals surface area contributed by atoms with Gasteiger partial charge in [0.25, 0.3) is 5.56 Å². The van der Waals surface area contributed by atoms with Crippen molar-refractivity contribution in [1.29, 1.82) is 0 Å². The number of aromatic hydroxyl groups is 1. The molecule has 0 atom stereocenters. The summed E-state index contributed by atoms with van der Waals surface area (Å²) < 4.78 is 2.07. The topological polar surface area (TPSA) is 58.0 Å². The number of fused-ring (bicyclic) bond motifs is 1. The van der Waals surface area contributed by atoms with E-state index in [1.165, 1.54) is 0 Å². The lowest BCUT2D eigenvalue weighted by atomic mass is 9.98. The highest BCUT2D eigenvalue weighted by atomic mass is 16.3. The van der Waals surface area contributed by atoms with Crippen molar-refractivity contribution in [3.05, 3.63) is 51.9 Å². The first kappa shape index (κ1) is 13.2. The van der Waals surface area contributed by atoms with E-state index in [1.54, 1.807) is 6.92 Å². The van der Waals surface area contributed by atoms with Crippen molar-refractivity contribution in [2.24, 2.45) is 7.05 Å². The Morgan fingerprint density at radius 1 is 1.27 bits per heavy atom. The molecule has 4 nitrogen and oxygen atoms in total. The van der Waals surface area contributed by atoms with Crippen LogP contribution in [0.2, 0.25) is 0 Å². The van der Waals surface area contributed by atoms with Crippen LogP contribution in [0.1, 0.15) is 29.9 Å². The molecule has 0 radical (unpaired) electrons. The average molecular weight is 294 g/mol. The van der Waals surface area contributed by atoms with Gasteiger partial charge in [-0.25, -0.2) is 0 Å². The molecule has 1 saturated carbocycles. The Hall–Kier alpha value is -2.49. The lowest BCUT2D eigenvalue weighted by Gasteiger charge is -2.13. The predicted molar refractivity (Wildman–Crippen MR) is 87.4 cm³/mol. The molecule has 112 valence electrons. The standard InChI is InChI=1S/C18H18N2O2/c1-10-17(21)15(11-3-4-11)16(19-18(10)22)13-5-6-14-12(9-13)7-8-20(14)2/h5-9,11H,3-4H2,1-2H3,(H2,19,21,22). The second-order valence-corrected chi connectivity index (χ2v) is 6.19. The summed E-state index contributed by atoms with van der Waals surface area (Å²) >= 11 is 0. The van der Waals surface area contributed by atoms with Crippen LogP contribution in [0.5, 0.6) is 5.75 Å². The van der Waals surface area contributed by atoms with Crippen LogP contribution >= 0.6 is 0 Å². The summed E-state index contributed by atoms with van der Waals surface area (Å²) in [4.78, 5) is 15.0. The Kier molecular flexibility index (Phi) is 2.70. The van der Waals surface area contributed by atoms with Crippen LogP contribution in [-0.2, 0) is 7.05 Å². The van der Waals surface area contributed by atoms with Gasteiger partial charge >= 0.3 is 0 Å². The Bertz CT molecular complexity index is 946. The second kappa shape index (κ2) is 4.50. The summed E-state index contributed by atoms with van der Waals surface area (Å²) in [6.07, 6.45) is 4.16. The number of aryl methyl sites for hydroxylation is 1. The molecule has 22 heavy (non-hydrogen) atoms. The highest BCUT2D eigenvalue weighted by Crippen LogP contribution is 2.48. The highest BCUT2D eigenvalue weighted by molar-refractivity contribution is 5.86. The van der Waals surface area contributed by atoms with E-state index < -0.39 is 0 Å². The van der Waals surface area contributed by atoms with E-state index in [4.69, 9.17) is 0 Å². The number of hydrogen-bond donors (Lipinski definition) is 2. The summed E-state index contributed by atoms with van der Waals surface area (Å²) in [6.45, 7) is 1.67. The molecule has 0 unspecified atom stereocenters. The lowest BCUT2D eigenvalue weighted by Crippen LogP contribution is -2.13. The van der Waals surface area contributed by atoms with Gasteiger partial charge in [-0.05, 0) is 49.4 Å². The number of hydrogen-bond acceptors (Lipinski definition) is 2. The van der Waals surface area contributed by atoms with Crippen LogP contribution in [0.15, 0.2) is 35.3 Å². The van der Waals surface area contributed by atoms with Crippen LogP contribution in [-0.4, -0.2) is 14.7 Å². The van der Waals surface area contributed by atoms with Gasteiger partial charge in [0, 0.05) is 29.7 Å². The van der Waals surface area contributed by atoms with Crippen LogP contribution in [0.3, 0.4) is 0 Å². The zero-order valence-corrected chi connectivity index (χ0v) is 12.7. The van der Waals surface area contributed by atoms with Gasteiger partial charge in [-0.3, -0.25) is 4.79 Å². The first-order valence-corrected chi connectivity index (χ1v) is 7.57. The molecule has 1 aliphatic rings. The summed E-state index contributed by atoms with van der Waals surface area (Å²) in [5, 5.41) is 11.6. The monoisotopic (exact) mass is 294 g/mol. The Labute approximate surface area is 128 Å². The lowest BCUT2D eigenvalue weighted by molar-refractivity contribution is 0.462. The molecular weight excluding hydrogens is 276 g/mol. The first-order chi connectivity index (χ1) is 10.6. The van der Waals surface area contributed by atoms with E-state index in [-0.39, 0.29) is 11.3 Å². The summed E-state index contributed by atoms with van der Waals surface area (Å²) in [5.74, 6) is 0.520. The van der Waals surface area contributed by atoms with Crippen molar-refractivity contribution in [3.63, 3.8) is 0 Å². The minimum atomic E-state index is -0.218. The van der Waals surface area contributed by atoms with Crippen molar-refractivity contribution < 1.29 is 5.11 Å². The molecular formula is C18H18N2O2. The van der Waals surface area contributed by atoms with E-state index in [0.717, 1.165) is 40.6 Å². The maximum atomic E-state index is 12.1. The number of H-pyrrole nitrogens is 1. The Balaban J connectivity index is 1.99. The molecule has 0 amide bonds. The largest absolute Gasteiger partial charge is 0.507 e. The second-order valence-electron chi connectivity index (χ2n) is 6.19. The fourth-order valence-corrected chi connectivity index (χ4v) is 3.14. The van der Waals surface area contributed by atoms with Crippen molar-refractivity contribution in [2.45, 2.75) is 25.7 Å². The number of nitrogens with zero attached hydrogens (tertiary/aromatic N) is 1. The molecule has 1 aliphatic carbocycles. The maximum Gasteiger partial charge on any atom is 0.255 e. The van der Waals surface area contributed by atoms with Gasteiger partial charge in [0.2, 0.25) is 0 Å². The van der Waals surface area contributed by atoms with Crippen LogP contribution in [0, 0.1) is 6.92 Å². The fraction of sp³-hybridized carbons (Fsp3) is 0.278. The molecule has 0 saturated heterocycles. The molecule has 0 aliphatic heterocycles. The van der Waals surface area contributed by atoms with Gasteiger partial charge in [-0.2, -0.15) is 0 Å². The summed E-state index contributed by atoms with van der Waals surface area (Å²) in [6, 6.07) is 8.19. The molecule has 3 aromatic rings. The van der Waals surface area contributed by atoms with E-state index >= 15 is 0 Å². The van der Waals surface area contributed by atoms with Gasteiger partial charge in [0.1, 0.15) is 5.75 Å². The third-order valence-electron chi connectivity index (χ3n) is 4.62. The van der Waals surface area contributed by atoms with Crippen LogP contribution < -0.4 is 5.56 Å². The molecule has 4 rings (SSSR count). The minimum Gasteiger partial charge on any atom is -0.507 e. The highest BCUT2D eigenvalue weighted by Gasteiger charge is 2.31. The van der Waals surface area contributed by atoms with Gasteiger partial charge < -0.3 is 14.7 Å². The fourth-order valence-electron chi connectivity index (χ4n) is 3.14. The Morgan fingerprint density at radius 3 is 2.77 bits per heavy atom. The van der Waals surface area contributed by atoms with E-state index in [0.29, 0.717) is 11.5 Å². The quantitative estimate of drug-likeness (QED) is 0.761. The normalized spacial score (nSPS) is 14.6. The van der Waals surface area contributed by atoms with Crippen LogP contribution in [0.4, 0.5) is 0 Å². The first-order valence-electron chi connectivity index (χ1n) is 7.57. The Morgan fingerprint density at radius 2 is 2.05 bits per heavy atom. The molecule has 1 fully saturated rings. The molecule has 1 aromatic carbocycles. The maximum absolute atomic E-state index is 12.1. The smallest absolute Gasteiger partial charge is 0.255 e. The number of benzene rings is 1. The SMILES string of the molecule is Cc1c(O)c(C2CC2)c(-c2ccc3c(ccn3C)c2)[nH]c1=O. The third kappa shape index (κ3) is 1.87.